The van der Waals surface area contributed by atoms with Crippen LogP contribution in [0.5, 0.6) is 0 Å². The van der Waals surface area contributed by atoms with Gasteiger partial charge in [-0.15, -0.1) is 0 Å². The Bertz CT molecular complexity index is 1050. The van der Waals surface area contributed by atoms with Crippen molar-refractivity contribution < 1.29 is 9.59 Å². The van der Waals surface area contributed by atoms with E-state index in [1.54, 1.807) is 4.90 Å². The number of carbonyl (C=O) groups is 2. The molecule has 0 aromatic heterocycles. The Labute approximate surface area is 186 Å². The second kappa shape index (κ2) is 9.06. The van der Waals surface area contributed by atoms with Crippen molar-refractivity contribution in [3.05, 3.63) is 60.2 Å². The molecule has 0 saturated heterocycles. The second-order valence-corrected chi connectivity index (χ2v) is 8.91. The molecule has 2 amide bonds. The zero-order valence-corrected chi connectivity index (χ0v) is 18.7. The number of benzene rings is 2. The van der Waals surface area contributed by atoms with E-state index in [9.17, 15) is 9.59 Å². The molecule has 0 radical (unpaired) electrons. The summed E-state index contributed by atoms with van der Waals surface area (Å²) in [5.41, 5.74) is 2.38. The minimum atomic E-state index is -0.421. The second-order valence-electron chi connectivity index (χ2n) is 7.74. The number of rotatable bonds is 6. The molecule has 31 heavy (non-hydrogen) atoms. The van der Waals surface area contributed by atoms with E-state index in [0.29, 0.717) is 17.4 Å². The maximum absolute atomic E-state index is 13.3. The van der Waals surface area contributed by atoms with Crippen molar-refractivity contribution in [3.8, 4) is 0 Å². The molecule has 2 aliphatic rings. The molecule has 6 nitrogen and oxygen atoms in total. The highest BCUT2D eigenvalue weighted by Gasteiger charge is 2.43. The molecule has 0 saturated carbocycles. The first-order chi connectivity index (χ1) is 15.0. The highest BCUT2D eigenvalue weighted by Crippen LogP contribution is 2.36. The SMILES string of the molecule is CCC(SC1=Nc2ccccc2C2=NC(C(C)CC)C(=O)N12)C(=O)Nc1ccccc1. The van der Waals surface area contributed by atoms with Crippen molar-refractivity contribution in [2.75, 3.05) is 5.32 Å². The molecule has 2 aromatic rings. The van der Waals surface area contributed by atoms with E-state index >= 15 is 0 Å². The summed E-state index contributed by atoms with van der Waals surface area (Å²) in [5, 5.41) is 3.09. The third-order valence-electron chi connectivity index (χ3n) is 5.63. The maximum atomic E-state index is 13.3. The first-order valence-corrected chi connectivity index (χ1v) is 11.5. The molecule has 160 valence electrons. The fraction of sp³-hybridized carbons (Fsp3) is 0.333. The lowest BCUT2D eigenvalue weighted by atomic mass is 10.00. The Kier molecular flexibility index (Phi) is 6.23. The fourth-order valence-electron chi connectivity index (χ4n) is 3.64. The summed E-state index contributed by atoms with van der Waals surface area (Å²) in [6, 6.07) is 16.7. The summed E-state index contributed by atoms with van der Waals surface area (Å²) >= 11 is 1.32. The van der Waals surface area contributed by atoms with Gasteiger partial charge >= 0.3 is 0 Å². The van der Waals surface area contributed by atoms with Crippen LogP contribution in [0.3, 0.4) is 0 Å². The van der Waals surface area contributed by atoms with Gasteiger partial charge in [-0.2, -0.15) is 0 Å². The van der Waals surface area contributed by atoms with Crippen LogP contribution in [-0.4, -0.2) is 39.0 Å². The van der Waals surface area contributed by atoms with Gasteiger partial charge in [-0.05, 0) is 36.6 Å². The smallest absolute Gasteiger partial charge is 0.259 e. The lowest BCUT2D eigenvalue weighted by molar-refractivity contribution is -0.125. The van der Waals surface area contributed by atoms with Gasteiger partial charge < -0.3 is 5.32 Å². The van der Waals surface area contributed by atoms with Crippen LogP contribution in [0.2, 0.25) is 0 Å². The van der Waals surface area contributed by atoms with Crippen LogP contribution in [0, 0.1) is 5.92 Å². The predicted molar refractivity (Wildman–Crippen MR) is 127 cm³/mol. The number of fused-ring (bicyclic) bond motifs is 3. The molecule has 1 N–H and O–H groups in total. The van der Waals surface area contributed by atoms with Crippen LogP contribution in [-0.2, 0) is 9.59 Å². The van der Waals surface area contributed by atoms with Crippen LogP contribution in [0.25, 0.3) is 0 Å². The molecule has 2 heterocycles. The largest absolute Gasteiger partial charge is 0.325 e. The van der Waals surface area contributed by atoms with Gasteiger partial charge in [0.05, 0.1) is 10.9 Å². The zero-order valence-electron chi connectivity index (χ0n) is 17.9. The molecule has 3 atom stereocenters. The lowest BCUT2D eigenvalue weighted by Gasteiger charge is -2.27. The highest BCUT2D eigenvalue weighted by molar-refractivity contribution is 8.15. The summed E-state index contributed by atoms with van der Waals surface area (Å²) in [5.74, 6) is 0.598. The number of nitrogens with zero attached hydrogens (tertiary/aromatic N) is 3. The molecule has 3 unspecified atom stereocenters. The average Bonchev–Trinajstić information content (AvgIpc) is 3.15. The first kappa shape index (κ1) is 21.3. The molecular formula is C24H26N4O2S. The molecular weight excluding hydrogens is 408 g/mol. The van der Waals surface area contributed by atoms with E-state index < -0.39 is 6.04 Å². The van der Waals surface area contributed by atoms with Crippen LogP contribution >= 0.6 is 11.8 Å². The van der Waals surface area contributed by atoms with Gasteiger partial charge in [0.25, 0.3) is 5.91 Å². The molecule has 7 heteroatoms. The van der Waals surface area contributed by atoms with Gasteiger partial charge in [0.1, 0.15) is 11.9 Å². The number of para-hydroxylation sites is 2. The summed E-state index contributed by atoms with van der Waals surface area (Å²) in [6.45, 7) is 6.07. The molecule has 2 aliphatic heterocycles. The third kappa shape index (κ3) is 4.14. The number of amidine groups is 2. The molecule has 2 aromatic carbocycles. The number of aliphatic imine (C=N–C) groups is 2. The molecule has 0 bridgehead atoms. The Morgan fingerprint density at radius 1 is 1.10 bits per heavy atom. The maximum Gasteiger partial charge on any atom is 0.259 e. The molecule has 0 aliphatic carbocycles. The third-order valence-corrected chi connectivity index (χ3v) is 6.95. The minimum absolute atomic E-state index is 0.0663. The first-order valence-electron chi connectivity index (χ1n) is 10.7. The summed E-state index contributed by atoms with van der Waals surface area (Å²) < 4.78 is 0. The van der Waals surface area contributed by atoms with Crippen LogP contribution in [0.1, 0.15) is 39.2 Å². The van der Waals surface area contributed by atoms with Crippen LogP contribution < -0.4 is 5.32 Å². The normalized spacial score (nSPS) is 19.1. The zero-order chi connectivity index (χ0) is 22.0. The number of nitrogens with one attached hydrogen (secondary N) is 1. The number of anilines is 1. The topological polar surface area (TPSA) is 74.1 Å². The van der Waals surface area contributed by atoms with Crippen LogP contribution in [0.4, 0.5) is 11.4 Å². The van der Waals surface area contributed by atoms with E-state index in [0.717, 1.165) is 23.4 Å². The number of hydrogen-bond donors (Lipinski definition) is 1. The van der Waals surface area contributed by atoms with Gasteiger partial charge in [-0.25, -0.2) is 9.89 Å². The van der Waals surface area contributed by atoms with Crippen molar-refractivity contribution >= 4 is 46.0 Å². The van der Waals surface area contributed by atoms with Crippen molar-refractivity contribution in [1.82, 2.24) is 4.90 Å². The van der Waals surface area contributed by atoms with Crippen LogP contribution in [0.15, 0.2) is 64.6 Å². The standard InChI is InChI=1S/C24H26N4O2S/c1-4-15(3)20-23(30)28-21(27-20)17-13-9-10-14-18(17)26-24(28)31-19(5-2)22(29)25-16-11-7-6-8-12-16/h6-15,19-20H,4-5H2,1-3H3,(H,25,29). The van der Waals surface area contributed by atoms with Gasteiger partial charge in [-0.1, -0.05) is 69.3 Å². The molecule has 4 rings (SSSR count). The average molecular weight is 435 g/mol. The lowest BCUT2D eigenvalue weighted by Crippen LogP contribution is -2.43. The fourth-order valence-corrected chi connectivity index (χ4v) is 4.66. The number of thioether (sulfide) groups is 1. The highest BCUT2D eigenvalue weighted by atomic mass is 32.2. The van der Waals surface area contributed by atoms with Crippen molar-refractivity contribution in [3.63, 3.8) is 0 Å². The Morgan fingerprint density at radius 2 is 1.81 bits per heavy atom. The number of hydrogen-bond acceptors (Lipinski definition) is 5. The van der Waals surface area contributed by atoms with E-state index in [-0.39, 0.29) is 23.0 Å². The Balaban J connectivity index is 1.64. The van der Waals surface area contributed by atoms with E-state index in [1.807, 2.05) is 68.4 Å². The van der Waals surface area contributed by atoms with Crippen molar-refractivity contribution in [2.45, 2.75) is 44.9 Å². The Morgan fingerprint density at radius 3 is 2.52 bits per heavy atom. The van der Waals surface area contributed by atoms with Gasteiger partial charge in [0.15, 0.2) is 5.17 Å². The monoisotopic (exact) mass is 434 g/mol. The minimum Gasteiger partial charge on any atom is -0.325 e. The molecule has 0 spiro atoms. The predicted octanol–water partition coefficient (Wildman–Crippen LogP) is 4.84. The van der Waals surface area contributed by atoms with Gasteiger partial charge in [-0.3, -0.25) is 14.6 Å². The van der Waals surface area contributed by atoms with E-state index in [4.69, 9.17) is 9.98 Å². The Hall–Kier alpha value is -2.93. The summed E-state index contributed by atoms with van der Waals surface area (Å²) in [4.78, 5) is 37.4. The van der Waals surface area contributed by atoms with Gasteiger partial charge in [0, 0.05) is 11.3 Å². The van der Waals surface area contributed by atoms with Gasteiger partial charge in [0.2, 0.25) is 5.91 Å². The summed E-state index contributed by atoms with van der Waals surface area (Å²) in [6.07, 6.45) is 1.46. The quantitative estimate of drug-likeness (QED) is 0.707. The number of carbonyl (C=O) groups excluding carboxylic acids is 2. The van der Waals surface area contributed by atoms with Crippen molar-refractivity contribution in [1.29, 1.82) is 0 Å². The van der Waals surface area contributed by atoms with E-state index in [1.165, 1.54) is 11.8 Å². The van der Waals surface area contributed by atoms with Crippen molar-refractivity contribution in [2.24, 2.45) is 15.9 Å². The number of amides is 2. The summed E-state index contributed by atoms with van der Waals surface area (Å²) in [7, 11) is 0. The van der Waals surface area contributed by atoms with E-state index in [2.05, 4.69) is 12.2 Å². The molecule has 0 fully saturated rings.